The van der Waals surface area contributed by atoms with Crippen LogP contribution < -0.4 is 0 Å². The molecule has 0 fully saturated rings. The van der Waals surface area contributed by atoms with E-state index in [-0.39, 0.29) is 4.88 Å². The van der Waals surface area contributed by atoms with Crippen molar-refractivity contribution in [1.82, 2.24) is 4.90 Å². The fraction of sp³-hybridized carbons (Fsp3) is 0.421. The summed E-state index contributed by atoms with van der Waals surface area (Å²) in [5.74, 6) is 0.348. The topological polar surface area (TPSA) is 15.6 Å². The first-order valence-electron chi connectivity index (χ1n) is 8.54. The van der Waals surface area contributed by atoms with Crippen LogP contribution in [0.2, 0.25) is 0 Å². The summed E-state index contributed by atoms with van der Waals surface area (Å²) in [5.41, 5.74) is -1.62. The predicted octanol–water partition coefficient (Wildman–Crippen LogP) is 6.16. The van der Waals surface area contributed by atoms with Gasteiger partial charge in [-0.1, -0.05) is 38.3 Å². The van der Waals surface area contributed by atoms with E-state index in [1.165, 1.54) is 12.1 Å². The van der Waals surface area contributed by atoms with E-state index in [1.807, 2.05) is 6.08 Å². The van der Waals surface area contributed by atoms with Gasteiger partial charge in [0.05, 0.1) is 0 Å². The summed E-state index contributed by atoms with van der Waals surface area (Å²) in [4.78, 5) is 6.15. The number of hydrogen-bond donors (Lipinski definition) is 0. The third-order valence-corrected chi connectivity index (χ3v) is 5.42. The molecule has 1 unspecified atom stereocenters. The van der Waals surface area contributed by atoms with Crippen LogP contribution in [0.4, 0.5) is 13.2 Å². The van der Waals surface area contributed by atoms with Crippen LogP contribution in [0, 0.1) is 0 Å². The van der Waals surface area contributed by atoms with Crippen molar-refractivity contribution < 1.29 is 13.2 Å². The molecule has 0 saturated heterocycles. The molecule has 0 radical (unpaired) electrons. The van der Waals surface area contributed by atoms with Gasteiger partial charge in [-0.05, 0) is 42.5 Å². The van der Waals surface area contributed by atoms with Gasteiger partial charge in [0.25, 0.3) is 0 Å². The Balaban J connectivity index is 2.03. The minimum absolute atomic E-state index is 0.209. The molecule has 2 nitrogen and oxygen atoms in total. The Bertz CT molecular complexity index is 714. The molecule has 0 N–H and O–H groups in total. The maximum Gasteiger partial charge on any atom is 0.422 e. The number of alkyl halides is 3. The number of halogens is 3. The largest absolute Gasteiger partial charge is 0.422 e. The third-order valence-electron chi connectivity index (χ3n) is 4.43. The van der Waals surface area contributed by atoms with Crippen molar-refractivity contribution in [3.05, 3.63) is 58.6 Å². The monoisotopic (exact) mass is 366 g/mol. The lowest BCUT2D eigenvalue weighted by atomic mass is 9.91. The van der Waals surface area contributed by atoms with Gasteiger partial charge >= 0.3 is 6.18 Å². The molecule has 0 amide bonds. The molecule has 2 aliphatic heterocycles. The van der Waals surface area contributed by atoms with Crippen molar-refractivity contribution in [2.45, 2.75) is 50.7 Å². The molecule has 3 heterocycles. The van der Waals surface area contributed by atoms with Crippen LogP contribution in [0.1, 0.15) is 43.9 Å². The average Bonchev–Trinajstić information content (AvgIpc) is 3.12. The van der Waals surface area contributed by atoms with Gasteiger partial charge in [0.2, 0.25) is 5.54 Å². The molecule has 2 aliphatic rings. The number of thiophene rings is 1. The number of allylic oxidation sites excluding steroid dienone is 3. The second kappa shape index (κ2) is 7.20. The van der Waals surface area contributed by atoms with Gasteiger partial charge in [-0.15, -0.1) is 11.3 Å². The smallest absolute Gasteiger partial charge is 0.306 e. The van der Waals surface area contributed by atoms with Crippen molar-refractivity contribution in [3.8, 4) is 0 Å². The fourth-order valence-electron chi connectivity index (χ4n) is 3.12. The Morgan fingerprint density at radius 1 is 1.20 bits per heavy atom. The molecular weight excluding hydrogens is 345 g/mol. The van der Waals surface area contributed by atoms with E-state index in [0.29, 0.717) is 18.0 Å². The Morgan fingerprint density at radius 2 is 2.04 bits per heavy atom. The molecular formula is C19H21F3N2S. The number of hydrogen-bond acceptors (Lipinski definition) is 3. The highest BCUT2D eigenvalue weighted by Crippen LogP contribution is 2.49. The second-order valence-corrected chi connectivity index (χ2v) is 7.18. The molecule has 0 aromatic carbocycles. The summed E-state index contributed by atoms with van der Waals surface area (Å²) in [6.45, 7) is 2.12. The Kier molecular flexibility index (Phi) is 5.18. The second-order valence-electron chi connectivity index (χ2n) is 6.23. The average molecular weight is 366 g/mol. The van der Waals surface area contributed by atoms with Crippen LogP contribution in [-0.4, -0.2) is 16.9 Å². The van der Waals surface area contributed by atoms with Gasteiger partial charge in [-0.25, -0.2) is 4.99 Å². The van der Waals surface area contributed by atoms with Crippen molar-refractivity contribution >= 4 is 17.2 Å². The quantitative estimate of drug-likeness (QED) is 0.551. The molecule has 0 spiro atoms. The summed E-state index contributed by atoms with van der Waals surface area (Å²) >= 11 is 1.10. The zero-order valence-electron chi connectivity index (χ0n) is 14.1. The van der Waals surface area contributed by atoms with Crippen LogP contribution in [-0.2, 0) is 5.54 Å². The molecule has 1 aromatic rings. The van der Waals surface area contributed by atoms with Crippen LogP contribution >= 0.6 is 11.3 Å². The van der Waals surface area contributed by atoms with E-state index in [4.69, 9.17) is 0 Å². The first kappa shape index (κ1) is 18.0. The molecule has 1 atom stereocenters. The SMILES string of the molecule is CCCCCCC1=CC(c2cccs2)(C(F)(F)F)N=C2C=CC=CN12. The van der Waals surface area contributed by atoms with Gasteiger partial charge in [0, 0.05) is 16.8 Å². The van der Waals surface area contributed by atoms with Crippen LogP contribution in [0.15, 0.2) is 58.7 Å². The van der Waals surface area contributed by atoms with Crippen molar-refractivity contribution in [3.63, 3.8) is 0 Å². The van der Waals surface area contributed by atoms with Crippen molar-refractivity contribution in [2.24, 2.45) is 4.99 Å². The summed E-state index contributed by atoms with van der Waals surface area (Å²) in [6.07, 6.45) is 8.52. The van der Waals surface area contributed by atoms with E-state index < -0.39 is 11.7 Å². The minimum atomic E-state index is -4.49. The molecule has 3 rings (SSSR count). The first-order valence-corrected chi connectivity index (χ1v) is 9.42. The van der Waals surface area contributed by atoms with Crippen LogP contribution in [0.5, 0.6) is 0 Å². The minimum Gasteiger partial charge on any atom is -0.306 e. The fourth-order valence-corrected chi connectivity index (χ4v) is 3.98. The molecule has 0 bridgehead atoms. The highest BCUT2D eigenvalue weighted by molar-refractivity contribution is 7.10. The Morgan fingerprint density at radius 3 is 2.72 bits per heavy atom. The van der Waals surface area contributed by atoms with E-state index in [0.717, 1.165) is 37.0 Å². The van der Waals surface area contributed by atoms with Gasteiger partial charge in [-0.2, -0.15) is 13.2 Å². The van der Waals surface area contributed by atoms with Gasteiger partial charge in [-0.3, -0.25) is 0 Å². The number of fused-ring (bicyclic) bond motifs is 1. The van der Waals surface area contributed by atoms with Gasteiger partial charge in [0.1, 0.15) is 5.84 Å². The zero-order valence-corrected chi connectivity index (χ0v) is 14.9. The predicted molar refractivity (Wildman–Crippen MR) is 96.4 cm³/mol. The molecule has 1 aromatic heterocycles. The summed E-state index contributed by atoms with van der Waals surface area (Å²) in [7, 11) is 0. The third kappa shape index (κ3) is 3.45. The Hall–Kier alpha value is -1.82. The lowest BCUT2D eigenvalue weighted by molar-refractivity contribution is -0.173. The molecule has 6 heteroatoms. The number of unbranched alkanes of at least 4 members (excludes halogenated alkanes) is 3. The normalized spacial score (nSPS) is 22.6. The number of rotatable bonds is 6. The van der Waals surface area contributed by atoms with Crippen LogP contribution in [0.3, 0.4) is 0 Å². The first-order chi connectivity index (χ1) is 12.0. The highest BCUT2D eigenvalue weighted by Gasteiger charge is 2.57. The standard InChI is InChI=1S/C19H21F3N2S/c1-2-3-4-5-9-15-14-18(19(20,21)22,16-10-8-13-25-16)23-17-11-6-7-12-24(15)17/h6-8,10-14H,2-5,9H2,1H3. The number of nitrogens with zero attached hydrogens (tertiary/aromatic N) is 2. The molecule has 0 aliphatic carbocycles. The van der Waals surface area contributed by atoms with E-state index in [1.54, 1.807) is 34.7 Å². The lowest BCUT2D eigenvalue weighted by Crippen LogP contribution is -2.45. The summed E-state index contributed by atoms with van der Waals surface area (Å²) < 4.78 is 42.4. The maximum atomic E-state index is 14.1. The van der Waals surface area contributed by atoms with Crippen molar-refractivity contribution in [1.29, 1.82) is 0 Å². The van der Waals surface area contributed by atoms with Gasteiger partial charge in [0.15, 0.2) is 0 Å². The molecule has 25 heavy (non-hydrogen) atoms. The van der Waals surface area contributed by atoms with E-state index in [9.17, 15) is 13.2 Å². The Labute approximate surface area is 150 Å². The summed E-state index contributed by atoms with van der Waals surface area (Å²) in [6, 6.07) is 3.16. The van der Waals surface area contributed by atoms with Crippen LogP contribution in [0.25, 0.3) is 0 Å². The lowest BCUT2D eigenvalue weighted by Gasteiger charge is -2.38. The van der Waals surface area contributed by atoms with Gasteiger partial charge < -0.3 is 4.90 Å². The van der Waals surface area contributed by atoms with E-state index in [2.05, 4.69) is 11.9 Å². The number of amidine groups is 1. The number of aliphatic imine (C=N–C) groups is 1. The maximum absolute atomic E-state index is 14.1. The molecule has 0 saturated carbocycles. The molecule has 134 valence electrons. The highest BCUT2D eigenvalue weighted by atomic mass is 32.1. The zero-order chi connectivity index (χ0) is 17.9. The van der Waals surface area contributed by atoms with Crippen molar-refractivity contribution in [2.75, 3.05) is 0 Å². The summed E-state index contributed by atoms with van der Waals surface area (Å²) in [5, 5.41) is 1.67. The van der Waals surface area contributed by atoms with E-state index >= 15 is 0 Å².